The van der Waals surface area contributed by atoms with E-state index in [1.165, 1.54) is 19.4 Å². The van der Waals surface area contributed by atoms with Crippen molar-refractivity contribution in [1.82, 2.24) is 52.5 Å². The molecule has 34 heteroatoms. The van der Waals surface area contributed by atoms with Crippen LogP contribution in [0.15, 0.2) is 27.5 Å². The number of rotatable bonds is 39. The van der Waals surface area contributed by atoms with Crippen LogP contribution in [0.2, 0.25) is 0 Å². The normalized spacial score (nSPS) is 14.6. The van der Waals surface area contributed by atoms with Crippen LogP contribution < -0.4 is 82.7 Å². The van der Waals surface area contributed by atoms with E-state index in [0.717, 1.165) is 6.92 Å². The molecule has 1 heterocycles. The maximum absolute atomic E-state index is 14.2. The van der Waals surface area contributed by atoms with Gasteiger partial charge in [-0.25, -0.2) is 4.98 Å². The second-order valence-electron chi connectivity index (χ2n) is 18.9. The van der Waals surface area contributed by atoms with E-state index in [9.17, 15) is 68.1 Å². The van der Waals surface area contributed by atoms with Gasteiger partial charge in [-0.1, -0.05) is 13.8 Å². The molecule has 26 N–H and O–H groups in total. The molecular formula is C46H80N20O14. The number of guanidine groups is 3. The Labute approximate surface area is 460 Å². The minimum atomic E-state index is -1.93. The zero-order valence-electron chi connectivity index (χ0n) is 45.1. The van der Waals surface area contributed by atoms with Gasteiger partial charge >= 0.3 is 11.9 Å². The lowest BCUT2D eigenvalue weighted by molar-refractivity contribution is -0.142. The number of nitrogens with one attached hydrogen (secondary N) is 9. The number of hydrogen-bond acceptors (Lipinski definition) is 17. The SMILES string of the molecule is CC(C)C[C@H](NC(=O)[C@H](CCC(=O)O)NC(=O)[C@H](Cc1cnc[nH]1)NC(=O)[C@@H](NC(=O)[C@H](CCCN=C(N)N)NC(=O)[C@H](CC(=O)O)NC(=O)[C@H](CCCN=C(N)N)NC(=O)[C@H](C)N)[C@@H](C)O)C(=O)N[C@H](C=O)CCCN=C(N)N. The molecule has 448 valence electrons. The second kappa shape index (κ2) is 36.4. The highest BCUT2D eigenvalue weighted by molar-refractivity contribution is 5.99. The monoisotopic (exact) mass is 1140 g/mol. The molecule has 0 saturated carbocycles. The molecule has 34 nitrogen and oxygen atoms in total. The number of carbonyl (C=O) groups is 11. The first-order valence-electron chi connectivity index (χ1n) is 25.4. The number of carboxylic acid groups (broad SMARTS) is 2. The molecule has 10 atom stereocenters. The highest BCUT2D eigenvalue weighted by atomic mass is 16.4. The van der Waals surface area contributed by atoms with Crippen molar-refractivity contribution in [2.45, 2.75) is 159 Å². The zero-order chi connectivity index (χ0) is 60.6. The lowest BCUT2D eigenvalue weighted by atomic mass is 10.0. The van der Waals surface area contributed by atoms with Crippen molar-refractivity contribution in [3.8, 4) is 0 Å². The Kier molecular flexibility index (Phi) is 31.6. The fourth-order valence-electron chi connectivity index (χ4n) is 7.28. The number of hydrogen-bond donors (Lipinski definition) is 19. The first kappa shape index (κ1) is 69.3. The summed E-state index contributed by atoms with van der Waals surface area (Å²) >= 11 is 0. The van der Waals surface area contributed by atoms with Crippen molar-refractivity contribution in [3.05, 3.63) is 18.2 Å². The first-order valence-corrected chi connectivity index (χ1v) is 25.4. The first-order chi connectivity index (χ1) is 37.5. The summed E-state index contributed by atoms with van der Waals surface area (Å²) in [5.74, 6) is -12.2. The summed E-state index contributed by atoms with van der Waals surface area (Å²) in [7, 11) is 0. The van der Waals surface area contributed by atoms with Gasteiger partial charge in [0.25, 0.3) is 0 Å². The van der Waals surface area contributed by atoms with Crippen molar-refractivity contribution >= 4 is 83.4 Å². The standard InChI is InChI=1S/C46H80N20O14/c1-22(2)16-30(40(77)59-25(20-67)8-5-13-55-44(48)49)63-38(75)29(11-12-33(69)70)62-41(78)31(17-26-19-54-21-58-26)65-43(80)35(24(4)68)66-39(76)28(10-7-15-57-46(52)53)61-42(79)32(18-34(71)72)64-37(74)27(60-36(73)23(3)47)9-6-14-56-45(50)51/h19-25,27-32,35,68H,5-18,47H2,1-4H3,(H,54,58)(H,59,77)(H,60,73)(H,61,79)(H,62,78)(H,63,75)(H,64,74)(H,65,80)(H,66,76)(H,69,70)(H,71,72)(H4,48,49,55)(H4,50,51,56)(H4,52,53,57)/t23-,24+,25-,27-,28-,29-,30-,31-,32-,35-/m0/s1. The van der Waals surface area contributed by atoms with Gasteiger partial charge in [0.1, 0.15) is 48.6 Å². The predicted molar refractivity (Wildman–Crippen MR) is 287 cm³/mol. The number of aliphatic carboxylic acids is 2. The predicted octanol–water partition coefficient (Wildman–Crippen LogP) is -7.70. The van der Waals surface area contributed by atoms with Crippen molar-refractivity contribution in [3.63, 3.8) is 0 Å². The van der Waals surface area contributed by atoms with Crippen molar-refractivity contribution in [2.24, 2.45) is 61.0 Å². The molecule has 0 unspecified atom stereocenters. The molecule has 0 fully saturated rings. The molecule has 0 spiro atoms. The number of aromatic amines is 1. The zero-order valence-corrected chi connectivity index (χ0v) is 45.1. The minimum Gasteiger partial charge on any atom is -0.481 e. The Balaban J connectivity index is 3.59. The Morgan fingerprint density at radius 1 is 0.562 bits per heavy atom. The van der Waals surface area contributed by atoms with Crippen LogP contribution in [0.25, 0.3) is 0 Å². The number of aldehydes is 1. The number of aliphatic imine (C=N–C) groups is 3. The lowest BCUT2D eigenvalue weighted by Crippen LogP contribution is -2.62. The number of imidazole rings is 1. The van der Waals surface area contributed by atoms with Gasteiger partial charge in [0.05, 0.1) is 30.9 Å². The molecular weight excluding hydrogens is 1060 g/mol. The van der Waals surface area contributed by atoms with Crippen LogP contribution >= 0.6 is 0 Å². The summed E-state index contributed by atoms with van der Waals surface area (Å²) < 4.78 is 0. The fourth-order valence-corrected chi connectivity index (χ4v) is 7.28. The summed E-state index contributed by atoms with van der Waals surface area (Å²) in [6, 6.07) is -13.6. The number of aliphatic hydroxyl groups excluding tert-OH is 1. The molecule has 1 aromatic heterocycles. The van der Waals surface area contributed by atoms with E-state index >= 15 is 0 Å². The number of carboxylic acids is 2. The van der Waals surface area contributed by atoms with Crippen LogP contribution in [0, 0.1) is 5.92 Å². The summed E-state index contributed by atoms with van der Waals surface area (Å²) in [5.41, 5.74) is 38.2. The molecule has 0 saturated heterocycles. The number of aliphatic hydroxyl groups is 1. The third kappa shape index (κ3) is 28.6. The molecule has 0 radical (unpaired) electrons. The van der Waals surface area contributed by atoms with Gasteiger partial charge in [-0.2, -0.15) is 0 Å². The van der Waals surface area contributed by atoms with E-state index in [-0.39, 0.29) is 94.1 Å². The number of amides is 8. The van der Waals surface area contributed by atoms with Gasteiger partial charge < -0.3 is 108 Å². The maximum atomic E-state index is 14.2. The fraction of sp³-hybridized carbons (Fsp3) is 0.630. The average molecular weight is 1140 g/mol. The van der Waals surface area contributed by atoms with E-state index in [0.29, 0.717) is 12.7 Å². The van der Waals surface area contributed by atoms with Crippen LogP contribution in [0.4, 0.5) is 0 Å². The Morgan fingerprint density at radius 2 is 0.988 bits per heavy atom. The summed E-state index contributed by atoms with van der Waals surface area (Å²) in [4.78, 5) is 164. The minimum absolute atomic E-state index is 0.0211. The number of H-pyrrole nitrogens is 1. The van der Waals surface area contributed by atoms with E-state index in [1.807, 2.05) is 0 Å². The van der Waals surface area contributed by atoms with Gasteiger partial charge in [0.15, 0.2) is 17.9 Å². The molecule has 0 aromatic carbocycles. The topological polar surface area (TPSA) is 593 Å². The molecule has 1 aromatic rings. The van der Waals surface area contributed by atoms with E-state index in [2.05, 4.69) is 67.5 Å². The summed E-state index contributed by atoms with van der Waals surface area (Å²) in [6.07, 6.45) is -1.21. The third-order valence-corrected chi connectivity index (χ3v) is 11.3. The van der Waals surface area contributed by atoms with E-state index in [1.54, 1.807) is 13.8 Å². The smallest absolute Gasteiger partial charge is 0.305 e. The van der Waals surface area contributed by atoms with Gasteiger partial charge in [0.2, 0.25) is 47.3 Å². The largest absolute Gasteiger partial charge is 0.481 e. The molecule has 1 rings (SSSR count). The average Bonchev–Trinajstić information content (AvgIpc) is 3.88. The van der Waals surface area contributed by atoms with Crippen LogP contribution in [-0.2, 0) is 59.2 Å². The molecule has 0 aliphatic rings. The van der Waals surface area contributed by atoms with Gasteiger partial charge in [0, 0.05) is 44.4 Å². The molecule has 0 aliphatic carbocycles. The Bertz CT molecular complexity index is 2320. The van der Waals surface area contributed by atoms with E-state index in [4.69, 9.17) is 40.1 Å². The van der Waals surface area contributed by atoms with Crippen LogP contribution in [0.1, 0.15) is 97.6 Å². The summed E-state index contributed by atoms with van der Waals surface area (Å²) in [6.45, 7) is 5.99. The second-order valence-corrected chi connectivity index (χ2v) is 18.9. The number of nitrogens with two attached hydrogens (primary N) is 7. The highest BCUT2D eigenvalue weighted by Crippen LogP contribution is 2.11. The quantitative estimate of drug-likeness (QED) is 0.0126. The maximum Gasteiger partial charge on any atom is 0.305 e. The van der Waals surface area contributed by atoms with E-state index < -0.39 is 139 Å². The van der Waals surface area contributed by atoms with Crippen molar-refractivity contribution < 1.29 is 68.1 Å². The third-order valence-electron chi connectivity index (χ3n) is 11.3. The van der Waals surface area contributed by atoms with Gasteiger partial charge in [-0.15, -0.1) is 0 Å². The lowest BCUT2D eigenvalue weighted by Gasteiger charge is -2.29. The van der Waals surface area contributed by atoms with Gasteiger partial charge in [-0.05, 0) is 71.1 Å². The van der Waals surface area contributed by atoms with Crippen LogP contribution in [0.5, 0.6) is 0 Å². The van der Waals surface area contributed by atoms with Gasteiger partial charge in [-0.3, -0.25) is 62.9 Å². The Hall–Kier alpha value is -8.69. The molecule has 80 heavy (non-hydrogen) atoms. The molecule has 0 bridgehead atoms. The van der Waals surface area contributed by atoms with Crippen molar-refractivity contribution in [1.29, 1.82) is 0 Å². The van der Waals surface area contributed by atoms with Crippen LogP contribution in [-0.4, -0.2) is 189 Å². The number of aromatic nitrogens is 2. The summed E-state index contributed by atoms with van der Waals surface area (Å²) in [5, 5.41) is 49.5. The number of carbonyl (C=O) groups excluding carboxylic acids is 9. The van der Waals surface area contributed by atoms with Crippen LogP contribution in [0.3, 0.4) is 0 Å². The highest BCUT2D eigenvalue weighted by Gasteiger charge is 2.37. The van der Waals surface area contributed by atoms with Crippen molar-refractivity contribution in [2.75, 3.05) is 19.6 Å². The Morgan fingerprint density at radius 3 is 1.43 bits per heavy atom. The molecule has 0 aliphatic heterocycles. The number of nitrogens with zero attached hydrogens (tertiary/aromatic N) is 4. The molecule has 8 amide bonds.